The second-order valence-corrected chi connectivity index (χ2v) is 5.13. The van der Waals surface area contributed by atoms with Crippen LogP contribution in [0.25, 0.3) is 11.3 Å². The molecule has 1 amide bonds. The summed E-state index contributed by atoms with van der Waals surface area (Å²) in [5, 5.41) is 6.10. The second-order valence-electron chi connectivity index (χ2n) is 5.13. The number of benzene rings is 1. The van der Waals surface area contributed by atoms with E-state index in [1.54, 1.807) is 12.1 Å². The number of amides is 1. The van der Waals surface area contributed by atoms with Gasteiger partial charge in [-0.15, -0.1) is 0 Å². The van der Waals surface area contributed by atoms with Crippen LogP contribution in [-0.2, 0) is 7.05 Å². The largest absolute Gasteiger partial charge is 0.318 e. The summed E-state index contributed by atoms with van der Waals surface area (Å²) in [6.45, 7) is 0. The smallest absolute Gasteiger partial charge is 0.284 e. The molecule has 0 saturated heterocycles. The Morgan fingerprint density at radius 1 is 1.12 bits per heavy atom. The number of rotatable bonds is 4. The third-order valence-electron chi connectivity index (χ3n) is 3.36. The van der Waals surface area contributed by atoms with Crippen molar-refractivity contribution >= 4 is 11.6 Å². The van der Waals surface area contributed by atoms with Crippen LogP contribution in [0.3, 0.4) is 0 Å². The van der Waals surface area contributed by atoms with Crippen molar-refractivity contribution in [2.45, 2.75) is 6.43 Å². The van der Waals surface area contributed by atoms with Gasteiger partial charge in [-0.2, -0.15) is 5.10 Å². The van der Waals surface area contributed by atoms with Crippen molar-refractivity contribution in [2.24, 2.45) is 7.05 Å². The molecule has 0 spiro atoms. The van der Waals surface area contributed by atoms with Crippen LogP contribution < -0.4 is 5.32 Å². The Morgan fingerprint density at radius 3 is 2.58 bits per heavy atom. The molecule has 3 aromatic rings. The highest BCUT2D eigenvalue weighted by atomic mass is 19.3. The average molecular weight is 328 g/mol. The minimum Gasteiger partial charge on any atom is -0.318 e. The first-order chi connectivity index (χ1) is 11.5. The predicted molar refractivity (Wildman–Crippen MR) is 85.8 cm³/mol. The molecular weight excluding hydrogens is 314 g/mol. The molecule has 0 bridgehead atoms. The van der Waals surface area contributed by atoms with Crippen LogP contribution in [0.2, 0.25) is 0 Å². The van der Waals surface area contributed by atoms with Gasteiger partial charge in [0.25, 0.3) is 12.3 Å². The van der Waals surface area contributed by atoms with E-state index in [1.165, 1.54) is 24.0 Å². The minimum absolute atomic E-state index is 0.0237. The molecule has 0 aliphatic heterocycles. The molecule has 0 radical (unpaired) electrons. The van der Waals surface area contributed by atoms with Crippen LogP contribution in [0.5, 0.6) is 0 Å². The van der Waals surface area contributed by atoms with Crippen LogP contribution in [0, 0.1) is 0 Å². The summed E-state index contributed by atoms with van der Waals surface area (Å²) >= 11 is 0. The maximum atomic E-state index is 12.9. The van der Waals surface area contributed by atoms with Gasteiger partial charge in [-0.25, -0.2) is 13.8 Å². The van der Waals surface area contributed by atoms with E-state index >= 15 is 0 Å². The number of alkyl halides is 2. The Morgan fingerprint density at radius 2 is 1.88 bits per heavy atom. The van der Waals surface area contributed by atoms with Crippen molar-refractivity contribution in [1.29, 1.82) is 0 Å². The number of aryl methyl sites for hydroxylation is 1. The number of pyridine rings is 1. The van der Waals surface area contributed by atoms with Crippen molar-refractivity contribution < 1.29 is 13.6 Å². The fourth-order valence-corrected chi connectivity index (χ4v) is 2.28. The topological polar surface area (TPSA) is 59.8 Å². The predicted octanol–water partition coefficient (Wildman–Crippen LogP) is 3.67. The zero-order valence-electron chi connectivity index (χ0n) is 12.8. The zero-order chi connectivity index (χ0) is 17.1. The number of hydrogen-bond acceptors (Lipinski definition) is 3. The Labute approximate surface area is 137 Å². The molecule has 0 unspecified atom stereocenters. The molecule has 0 fully saturated rings. The lowest BCUT2D eigenvalue weighted by molar-refractivity contribution is 0.102. The number of carbonyl (C=O) groups excluding carboxylic acids is 1. The number of carbonyl (C=O) groups is 1. The maximum Gasteiger partial charge on any atom is 0.284 e. The number of aromatic nitrogens is 3. The first-order valence-corrected chi connectivity index (χ1v) is 7.20. The molecule has 0 aliphatic rings. The number of nitrogens with one attached hydrogen (secondary N) is 1. The molecular formula is C17H14F2N4O. The van der Waals surface area contributed by atoms with Gasteiger partial charge in [-0.05, 0) is 12.1 Å². The van der Waals surface area contributed by atoms with Gasteiger partial charge >= 0.3 is 0 Å². The standard InChI is InChI=1S/C17H14F2N4O/c1-23-10-14(15(22-23)16(18)19)21-17(24)13-9-5-8-12(20-13)11-6-3-2-4-7-11/h2-10,16H,1H3,(H,21,24). The Hall–Kier alpha value is -3.09. The molecule has 0 atom stereocenters. The van der Waals surface area contributed by atoms with Gasteiger partial charge in [0, 0.05) is 18.8 Å². The SMILES string of the molecule is Cn1cc(NC(=O)c2cccc(-c3ccccc3)n2)c(C(F)F)n1. The van der Waals surface area contributed by atoms with Crippen LogP contribution >= 0.6 is 0 Å². The number of hydrogen-bond donors (Lipinski definition) is 1. The minimum atomic E-state index is -2.77. The first kappa shape index (κ1) is 15.8. The second kappa shape index (κ2) is 6.57. The summed E-state index contributed by atoms with van der Waals surface area (Å²) in [6.07, 6.45) is -1.44. The monoisotopic (exact) mass is 328 g/mol. The summed E-state index contributed by atoms with van der Waals surface area (Å²) in [4.78, 5) is 16.6. The summed E-state index contributed by atoms with van der Waals surface area (Å²) in [6, 6.07) is 14.4. The van der Waals surface area contributed by atoms with E-state index in [0.717, 1.165) is 5.56 Å². The van der Waals surface area contributed by atoms with Gasteiger partial charge in [0.05, 0.1) is 11.4 Å². The zero-order valence-corrected chi connectivity index (χ0v) is 12.8. The molecule has 122 valence electrons. The summed E-state index contributed by atoms with van der Waals surface area (Å²) in [5.41, 5.74) is 1.14. The van der Waals surface area contributed by atoms with Gasteiger partial charge < -0.3 is 5.32 Å². The Balaban J connectivity index is 1.86. The highest BCUT2D eigenvalue weighted by Crippen LogP contribution is 2.25. The van der Waals surface area contributed by atoms with Crippen LogP contribution in [0.15, 0.2) is 54.7 Å². The molecule has 0 aliphatic carbocycles. The third-order valence-corrected chi connectivity index (χ3v) is 3.36. The summed E-state index contributed by atoms with van der Waals surface area (Å²) in [7, 11) is 1.51. The first-order valence-electron chi connectivity index (χ1n) is 7.20. The molecule has 1 aromatic carbocycles. The van der Waals surface area contributed by atoms with E-state index in [2.05, 4.69) is 15.4 Å². The van der Waals surface area contributed by atoms with Crippen molar-refractivity contribution in [3.8, 4) is 11.3 Å². The summed E-state index contributed by atoms with van der Waals surface area (Å²) < 4.78 is 27.1. The fourth-order valence-electron chi connectivity index (χ4n) is 2.28. The van der Waals surface area contributed by atoms with Crippen molar-refractivity contribution in [3.63, 3.8) is 0 Å². The number of halogens is 2. The van der Waals surface area contributed by atoms with Crippen LogP contribution in [-0.4, -0.2) is 20.7 Å². The number of nitrogens with zero attached hydrogens (tertiary/aromatic N) is 3. The van der Waals surface area contributed by atoms with E-state index in [1.807, 2.05) is 30.3 Å². The lowest BCUT2D eigenvalue weighted by atomic mass is 10.1. The molecule has 3 rings (SSSR count). The molecule has 5 nitrogen and oxygen atoms in total. The normalized spacial score (nSPS) is 10.8. The molecule has 0 saturated carbocycles. The van der Waals surface area contributed by atoms with Gasteiger partial charge in [-0.3, -0.25) is 9.48 Å². The van der Waals surface area contributed by atoms with Crippen molar-refractivity contribution in [1.82, 2.24) is 14.8 Å². The van der Waals surface area contributed by atoms with Crippen molar-refractivity contribution in [3.05, 3.63) is 66.1 Å². The maximum absolute atomic E-state index is 12.9. The van der Waals surface area contributed by atoms with E-state index in [9.17, 15) is 13.6 Å². The molecule has 2 heterocycles. The molecule has 7 heteroatoms. The molecule has 1 N–H and O–H groups in total. The van der Waals surface area contributed by atoms with E-state index < -0.39 is 18.0 Å². The van der Waals surface area contributed by atoms with Crippen molar-refractivity contribution in [2.75, 3.05) is 5.32 Å². The lowest BCUT2D eigenvalue weighted by Crippen LogP contribution is -2.14. The molecule has 2 aromatic heterocycles. The Kier molecular flexibility index (Phi) is 4.33. The van der Waals surface area contributed by atoms with Gasteiger partial charge in [-0.1, -0.05) is 36.4 Å². The van der Waals surface area contributed by atoms with Gasteiger partial charge in [0.1, 0.15) is 5.69 Å². The summed E-state index contributed by atoms with van der Waals surface area (Å²) in [5.74, 6) is -0.567. The lowest BCUT2D eigenvalue weighted by Gasteiger charge is -2.06. The van der Waals surface area contributed by atoms with Crippen LogP contribution in [0.4, 0.5) is 14.5 Å². The average Bonchev–Trinajstić information content (AvgIpc) is 2.96. The van der Waals surface area contributed by atoms with E-state index in [4.69, 9.17) is 0 Å². The highest BCUT2D eigenvalue weighted by Gasteiger charge is 2.20. The number of anilines is 1. The quantitative estimate of drug-likeness (QED) is 0.795. The van der Waals surface area contributed by atoms with E-state index in [0.29, 0.717) is 5.69 Å². The van der Waals surface area contributed by atoms with Gasteiger partial charge in [0.2, 0.25) is 0 Å². The fraction of sp³-hybridized carbons (Fsp3) is 0.118. The Bertz CT molecular complexity index is 862. The molecule has 24 heavy (non-hydrogen) atoms. The van der Waals surface area contributed by atoms with E-state index in [-0.39, 0.29) is 11.4 Å². The highest BCUT2D eigenvalue weighted by molar-refractivity contribution is 6.03. The van der Waals surface area contributed by atoms with Gasteiger partial charge in [0.15, 0.2) is 5.69 Å². The third kappa shape index (κ3) is 3.29. The van der Waals surface area contributed by atoms with Crippen LogP contribution in [0.1, 0.15) is 22.6 Å².